The molecule has 0 N–H and O–H groups in total. The highest BCUT2D eigenvalue weighted by molar-refractivity contribution is 7.98. The molecule has 0 amide bonds. The van der Waals surface area contributed by atoms with E-state index >= 15 is 0 Å². The van der Waals surface area contributed by atoms with Gasteiger partial charge in [0.2, 0.25) is 0 Å². The van der Waals surface area contributed by atoms with Crippen LogP contribution in [0.2, 0.25) is 0 Å². The highest BCUT2D eigenvalue weighted by atomic mass is 32.2. The van der Waals surface area contributed by atoms with E-state index in [4.69, 9.17) is 4.74 Å². The summed E-state index contributed by atoms with van der Waals surface area (Å²) in [5.74, 6) is 1.27. The average Bonchev–Trinajstić information content (AvgIpc) is 2.63. The first-order chi connectivity index (χ1) is 11.8. The van der Waals surface area contributed by atoms with Gasteiger partial charge in [-0.25, -0.2) is 9.97 Å². The first kappa shape index (κ1) is 17.4. The summed E-state index contributed by atoms with van der Waals surface area (Å²) < 4.78 is 5.15. The number of benzene rings is 1. The summed E-state index contributed by atoms with van der Waals surface area (Å²) in [6, 6.07) is 11.0. The van der Waals surface area contributed by atoms with Crippen molar-refractivity contribution >= 4 is 11.8 Å². The first-order valence-corrected chi connectivity index (χ1v) is 9.67. The van der Waals surface area contributed by atoms with Gasteiger partial charge in [-0.15, -0.1) is 11.8 Å². The first-order valence-electron chi connectivity index (χ1n) is 8.44. The third kappa shape index (κ3) is 4.56. The standard InChI is InChI=1S/C19H25N3OS/c1-23-14-19-20-10-9-18(21-19)16-4-3-11-22(13-16)12-15-5-7-17(24-2)8-6-15/h5-10,16H,3-4,11-14H2,1-2H3/t16-/m1/s1. The second-order valence-corrected chi connectivity index (χ2v) is 7.13. The maximum atomic E-state index is 5.15. The molecule has 1 saturated heterocycles. The number of hydrogen-bond donors (Lipinski definition) is 0. The fourth-order valence-corrected chi connectivity index (χ4v) is 3.68. The van der Waals surface area contributed by atoms with Crippen LogP contribution < -0.4 is 0 Å². The minimum Gasteiger partial charge on any atom is -0.377 e. The number of aromatic nitrogens is 2. The van der Waals surface area contributed by atoms with Crippen LogP contribution in [0.25, 0.3) is 0 Å². The molecule has 0 spiro atoms. The normalized spacial score (nSPS) is 18.7. The molecule has 0 unspecified atom stereocenters. The number of rotatable bonds is 6. The van der Waals surface area contributed by atoms with Crippen LogP contribution in [-0.4, -0.2) is 41.3 Å². The van der Waals surface area contributed by atoms with Gasteiger partial charge >= 0.3 is 0 Å². The van der Waals surface area contributed by atoms with Crippen molar-refractivity contribution in [3.05, 3.63) is 53.6 Å². The van der Waals surface area contributed by atoms with Crippen molar-refractivity contribution in [2.24, 2.45) is 0 Å². The molecule has 3 rings (SSSR count). The molecule has 1 fully saturated rings. The van der Waals surface area contributed by atoms with Crippen LogP contribution in [0.15, 0.2) is 41.4 Å². The number of ether oxygens (including phenoxy) is 1. The van der Waals surface area contributed by atoms with Crippen LogP contribution >= 0.6 is 11.8 Å². The topological polar surface area (TPSA) is 38.2 Å². The second-order valence-electron chi connectivity index (χ2n) is 6.25. The van der Waals surface area contributed by atoms with Gasteiger partial charge in [0.15, 0.2) is 5.82 Å². The van der Waals surface area contributed by atoms with Gasteiger partial charge in [-0.05, 0) is 49.4 Å². The minimum atomic E-state index is 0.478. The highest BCUT2D eigenvalue weighted by Gasteiger charge is 2.22. The van der Waals surface area contributed by atoms with Gasteiger partial charge in [-0.3, -0.25) is 4.90 Å². The number of likely N-dealkylation sites (tertiary alicyclic amines) is 1. The van der Waals surface area contributed by atoms with Gasteiger partial charge in [0.25, 0.3) is 0 Å². The fraction of sp³-hybridized carbons (Fsp3) is 0.474. The molecule has 2 heterocycles. The van der Waals surface area contributed by atoms with Gasteiger partial charge in [0.05, 0.1) is 0 Å². The summed E-state index contributed by atoms with van der Waals surface area (Å²) in [5.41, 5.74) is 2.54. The van der Waals surface area contributed by atoms with E-state index in [1.54, 1.807) is 18.9 Å². The predicted octanol–water partition coefficient (Wildman–Crippen LogP) is 3.72. The van der Waals surface area contributed by atoms with Gasteiger partial charge < -0.3 is 4.74 Å². The van der Waals surface area contributed by atoms with Crippen molar-refractivity contribution < 1.29 is 4.74 Å². The molecule has 1 aromatic carbocycles. The number of piperidine rings is 1. The van der Waals surface area contributed by atoms with Crippen LogP contribution in [0.1, 0.15) is 35.8 Å². The third-order valence-electron chi connectivity index (χ3n) is 4.49. The van der Waals surface area contributed by atoms with E-state index in [1.807, 2.05) is 6.20 Å². The Hall–Kier alpha value is -1.43. The maximum absolute atomic E-state index is 5.15. The largest absolute Gasteiger partial charge is 0.377 e. The molecule has 1 atom stereocenters. The lowest BCUT2D eigenvalue weighted by atomic mass is 9.94. The zero-order valence-electron chi connectivity index (χ0n) is 14.4. The molecule has 4 nitrogen and oxygen atoms in total. The Morgan fingerprint density at radius 1 is 1.25 bits per heavy atom. The molecule has 0 radical (unpaired) electrons. The number of hydrogen-bond acceptors (Lipinski definition) is 5. The predicted molar refractivity (Wildman–Crippen MR) is 98.2 cm³/mol. The molecular formula is C19H25N3OS. The van der Waals surface area contributed by atoms with Crippen LogP contribution in [0.4, 0.5) is 0 Å². The van der Waals surface area contributed by atoms with Crippen molar-refractivity contribution in [3.63, 3.8) is 0 Å². The van der Waals surface area contributed by atoms with Crippen LogP contribution in [-0.2, 0) is 17.9 Å². The SMILES string of the molecule is COCc1nccc([C@@H]2CCCN(Cc3ccc(SC)cc3)C2)n1. The van der Waals surface area contributed by atoms with Crippen molar-refractivity contribution in [2.75, 3.05) is 26.5 Å². The zero-order valence-corrected chi connectivity index (χ0v) is 15.3. The molecule has 5 heteroatoms. The van der Waals surface area contributed by atoms with Crippen LogP contribution in [0.3, 0.4) is 0 Å². The number of thioether (sulfide) groups is 1. The van der Waals surface area contributed by atoms with E-state index in [9.17, 15) is 0 Å². The zero-order chi connectivity index (χ0) is 16.8. The molecule has 0 aliphatic carbocycles. The Labute approximate surface area is 148 Å². The summed E-state index contributed by atoms with van der Waals surface area (Å²) in [6.45, 7) is 3.72. The van der Waals surface area contributed by atoms with Gasteiger partial charge in [-0.1, -0.05) is 12.1 Å². The maximum Gasteiger partial charge on any atom is 0.154 e. The van der Waals surface area contributed by atoms with Crippen molar-refractivity contribution in [1.82, 2.24) is 14.9 Å². The van der Waals surface area contributed by atoms with E-state index < -0.39 is 0 Å². The lowest BCUT2D eigenvalue weighted by molar-refractivity contribution is 0.176. The van der Waals surface area contributed by atoms with Crippen molar-refractivity contribution in [2.45, 2.75) is 36.8 Å². The Morgan fingerprint density at radius 3 is 2.83 bits per heavy atom. The van der Waals surface area contributed by atoms with E-state index in [0.29, 0.717) is 12.5 Å². The summed E-state index contributed by atoms with van der Waals surface area (Å²) in [4.78, 5) is 12.8. The Bertz CT molecular complexity index is 647. The highest BCUT2D eigenvalue weighted by Crippen LogP contribution is 2.27. The summed E-state index contributed by atoms with van der Waals surface area (Å²) in [6.07, 6.45) is 6.39. The molecule has 1 aromatic heterocycles. The van der Waals surface area contributed by atoms with E-state index in [0.717, 1.165) is 31.2 Å². The number of nitrogens with zero attached hydrogens (tertiary/aromatic N) is 3. The van der Waals surface area contributed by atoms with Gasteiger partial charge in [0, 0.05) is 42.9 Å². The molecule has 1 aliphatic heterocycles. The summed E-state index contributed by atoms with van der Waals surface area (Å²) >= 11 is 1.79. The van der Waals surface area contributed by atoms with Crippen molar-refractivity contribution in [1.29, 1.82) is 0 Å². The van der Waals surface area contributed by atoms with E-state index in [1.165, 1.54) is 23.3 Å². The molecule has 128 valence electrons. The van der Waals surface area contributed by atoms with Gasteiger partial charge in [0.1, 0.15) is 6.61 Å². The lowest BCUT2D eigenvalue weighted by Gasteiger charge is -2.32. The molecule has 24 heavy (non-hydrogen) atoms. The Morgan fingerprint density at radius 2 is 2.08 bits per heavy atom. The van der Waals surface area contributed by atoms with E-state index in [2.05, 4.69) is 51.5 Å². The molecule has 1 aliphatic rings. The van der Waals surface area contributed by atoms with Crippen LogP contribution in [0.5, 0.6) is 0 Å². The minimum absolute atomic E-state index is 0.478. The smallest absolute Gasteiger partial charge is 0.154 e. The quantitative estimate of drug-likeness (QED) is 0.747. The van der Waals surface area contributed by atoms with Gasteiger partial charge in [-0.2, -0.15) is 0 Å². The molecule has 2 aromatic rings. The second kappa shape index (κ2) is 8.60. The average molecular weight is 343 g/mol. The van der Waals surface area contributed by atoms with Crippen LogP contribution in [0, 0.1) is 0 Å². The Balaban J connectivity index is 1.64. The molecule has 0 bridgehead atoms. The third-order valence-corrected chi connectivity index (χ3v) is 5.23. The molecule has 0 saturated carbocycles. The fourth-order valence-electron chi connectivity index (χ4n) is 3.27. The van der Waals surface area contributed by atoms with Crippen molar-refractivity contribution in [3.8, 4) is 0 Å². The summed E-state index contributed by atoms with van der Waals surface area (Å²) in [5, 5.41) is 0. The Kier molecular flexibility index (Phi) is 6.24. The summed E-state index contributed by atoms with van der Waals surface area (Å²) in [7, 11) is 1.68. The lowest BCUT2D eigenvalue weighted by Crippen LogP contribution is -2.34. The number of methoxy groups -OCH3 is 1. The van der Waals surface area contributed by atoms with E-state index in [-0.39, 0.29) is 0 Å². The molecular weight excluding hydrogens is 318 g/mol. The monoisotopic (exact) mass is 343 g/mol.